The second-order valence-corrected chi connectivity index (χ2v) is 6.99. The molecule has 0 saturated carbocycles. The fraction of sp³-hybridized carbons (Fsp3) is 0.136. The Morgan fingerprint density at radius 3 is 2.75 bits per heavy atom. The zero-order chi connectivity index (χ0) is 26.6. The molecular formula is C22H20N7O3+. The van der Waals surface area contributed by atoms with Crippen molar-refractivity contribution in [1.82, 2.24) is 24.1 Å². The predicted molar refractivity (Wildman–Crippen MR) is 115 cm³/mol. The third-order valence-electron chi connectivity index (χ3n) is 4.81. The van der Waals surface area contributed by atoms with Crippen LogP contribution in [0, 0.1) is 6.92 Å². The maximum atomic E-state index is 13.3. The number of aryl methyl sites for hydroxylation is 1. The van der Waals surface area contributed by atoms with E-state index in [0.29, 0.717) is 22.6 Å². The third kappa shape index (κ3) is 3.32. The Kier molecular flexibility index (Phi) is 3.55. The smallest absolute Gasteiger partial charge is 0.411 e. The van der Waals surface area contributed by atoms with Crippen molar-refractivity contribution in [2.24, 2.45) is 0 Å². The van der Waals surface area contributed by atoms with Crippen molar-refractivity contribution >= 4 is 11.6 Å². The largest absolute Gasteiger partial charge is 0.451 e. The minimum Gasteiger partial charge on any atom is -0.451 e. The van der Waals surface area contributed by atoms with Gasteiger partial charge in [0.15, 0.2) is 6.39 Å². The first-order valence-corrected chi connectivity index (χ1v) is 9.49. The van der Waals surface area contributed by atoms with Gasteiger partial charge in [0.05, 0.1) is 31.3 Å². The van der Waals surface area contributed by atoms with Crippen LogP contribution in [-0.4, -0.2) is 29.3 Å². The van der Waals surface area contributed by atoms with Gasteiger partial charge in [-0.15, -0.1) is 9.50 Å². The molecular weight excluding hydrogens is 410 g/mol. The summed E-state index contributed by atoms with van der Waals surface area (Å²) in [6, 6.07) is 0.666. The number of aromatic amines is 1. The second kappa shape index (κ2) is 7.75. The number of nitrogens with two attached hydrogens (primary N) is 1. The van der Waals surface area contributed by atoms with Crippen LogP contribution in [0.25, 0.3) is 28.0 Å². The molecule has 160 valence electrons. The molecule has 0 spiro atoms. The number of rotatable bonds is 5. The molecule has 0 aliphatic heterocycles. The summed E-state index contributed by atoms with van der Waals surface area (Å²) in [6.45, 7) is 1.30. The Morgan fingerprint density at radius 2 is 2.03 bits per heavy atom. The van der Waals surface area contributed by atoms with Gasteiger partial charge in [0.1, 0.15) is 17.7 Å². The summed E-state index contributed by atoms with van der Waals surface area (Å²) < 4.78 is 48.5. The fourth-order valence-electron chi connectivity index (χ4n) is 3.52. The Labute approximate surface area is 188 Å². The van der Waals surface area contributed by atoms with Gasteiger partial charge in [-0.2, -0.15) is 4.68 Å². The lowest BCUT2D eigenvalue weighted by Gasteiger charge is -2.10. The Bertz CT molecular complexity index is 1720. The van der Waals surface area contributed by atoms with Crippen molar-refractivity contribution in [2.45, 2.75) is 20.1 Å². The van der Waals surface area contributed by atoms with E-state index in [4.69, 9.17) is 17.0 Å². The second-order valence-electron chi connectivity index (χ2n) is 6.99. The van der Waals surface area contributed by atoms with Crippen molar-refractivity contribution in [3.05, 3.63) is 82.6 Å². The zero-order valence-corrected chi connectivity index (χ0v) is 16.8. The molecule has 0 radical (unpaired) electrons. The highest BCUT2D eigenvalue weighted by Crippen LogP contribution is 2.33. The van der Waals surface area contributed by atoms with Crippen LogP contribution in [0.15, 0.2) is 64.2 Å². The minimum absolute atomic E-state index is 0.0306. The van der Waals surface area contributed by atoms with Crippen molar-refractivity contribution < 1.29 is 21.4 Å². The number of benzene rings is 1. The summed E-state index contributed by atoms with van der Waals surface area (Å²) in [4.78, 5) is 24.4. The Hall–Kier alpha value is -4.31. The van der Waals surface area contributed by atoms with E-state index in [-0.39, 0.29) is 41.6 Å². The highest BCUT2D eigenvalue weighted by molar-refractivity contribution is 5.88. The summed E-state index contributed by atoms with van der Waals surface area (Å²) in [5.41, 5.74) is 7.52. The van der Waals surface area contributed by atoms with E-state index in [1.165, 1.54) is 12.7 Å². The number of nitrogens with zero attached hydrogens (tertiary/aromatic N) is 5. The van der Waals surface area contributed by atoms with Crippen LogP contribution in [-0.2, 0) is 13.2 Å². The molecule has 0 fully saturated rings. The van der Waals surface area contributed by atoms with Gasteiger partial charge in [0.25, 0.3) is 0 Å². The van der Waals surface area contributed by atoms with Gasteiger partial charge in [-0.1, -0.05) is 30.2 Å². The maximum absolute atomic E-state index is 13.3. The number of aliphatic hydroxyl groups excluding tert-OH is 1. The van der Waals surface area contributed by atoms with Crippen molar-refractivity contribution in [2.75, 3.05) is 5.73 Å². The molecule has 0 aliphatic rings. The molecule has 5 aromatic rings. The maximum Gasteiger partial charge on any atom is 0.411 e. The number of H-pyrrole nitrogens is 1. The number of pyridine rings is 1. The van der Waals surface area contributed by atoms with Crippen LogP contribution in [0.3, 0.4) is 0 Å². The molecule has 0 unspecified atom stereocenters. The van der Waals surface area contributed by atoms with Gasteiger partial charge >= 0.3 is 11.6 Å². The molecule has 0 saturated heterocycles. The number of oxazole rings is 1. The lowest BCUT2D eigenvalue weighted by Crippen LogP contribution is -2.28. The Balaban J connectivity index is 1.93. The Morgan fingerprint density at radius 1 is 1.22 bits per heavy atom. The lowest BCUT2D eigenvalue weighted by molar-refractivity contribution is -0.351. The number of aromatic nitrogens is 6. The minimum atomic E-state index is -0.603. The zero-order valence-electron chi connectivity index (χ0n) is 21.8. The number of nitrogens with one attached hydrogen (secondary N) is 1. The number of fused-ring (bicyclic) bond motifs is 1. The highest BCUT2D eigenvalue weighted by Gasteiger charge is 2.26. The fourth-order valence-corrected chi connectivity index (χ4v) is 3.52. The van der Waals surface area contributed by atoms with Crippen LogP contribution < -0.4 is 16.4 Å². The first-order valence-electron chi connectivity index (χ1n) is 12.0. The molecule has 0 bridgehead atoms. The number of aliphatic hydroxyl groups is 1. The van der Waals surface area contributed by atoms with Gasteiger partial charge in [0, 0.05) is 11.3 Å². The van der Waals surface area contributed by atoms with Gasteiger partial charge < -0.3 is 9.52 Å². The average molecular weight is 435 g/mol. The highest BCUT2D eigenvalue weighted by atomic mass is 16.3. The van der Waals surface area contributed by atoms with Crippen molar-refractivity contribution in [3.63, 3.8) is 0 Å². The van der Waals surface area contributed by atoms with E-state index < -0.39 is 35.9 Å². The van der Waals surface area contributed by atoms with Gasteiger partial charge in [-0.05, 0) is 24.6 Å². The molecule has 0 aliphatic carbocycles. The first kappa shape index (κ1) is 14.7. The summed E-state index contributed by atoms with van der Waals surface area (Å²) in [7, 11) is 0. The number of nitrogen functional groups attached to an aromatic ring is 1. The van der Waals surface area contributed by atoms with E-state index in [9.17, 15) is 9.90 Å². The lowest BCUT2D eigenvalue weighted by atomic mass is 9.99. The van der Waals surface area contributed by atoms with Crippen LogP contribution in [0.2, 0.25) is 0 Å². The molecule has 4 N–H and O–H groups in total. The monoisotopic (exact) mass is 435 g/mol. The molecule has 4 aromatic heterocycles. The van der Waals surface area contributed by atoms with E-state index in [0.717, 1.165) is 9.08 Å². The molecule has 5 rings (SSSR count). The van der Waals surface area contributed by atoms with Crippen molar-refractivity contribution in [3.8, 4) is 22.4 Å². The van der Waals surface area contributed by atoms with Gasteiger partial charge in [-0.25, -0.2) is 14.8 Å². The summed E-state index contributed by atoms with van der Waals surface area (Å²) in [6.07, 6.45) is 2.58. The molecule has 32 heavy (non-hydrogen) atoms. The summed E-state index contributed by atoms with van der Waals surface area (Å²) in [5.74, 6) is -0.176. The van der Waals surface area contributed by atoms with E-state index in [1.807, 2.05) is 0 Å². The summed E-state index contributed by atoms with van der Waals surface area (Å²) in [5, 5.41) is 14.2. The molecule has 1 aromatic carbocycles. The molecule has 0 amide bonds. The van der Waals surface area contributed by atoms with Crippen LogP contribution >= 0.6 is 0 Å². The van der Waals surface area contributed by atoms with Crippen molar-refractivity contribution in [1.29, 1.82) is 0 Å². The molecule has 10 heteroatoms. The van der Waals surface area contributed by atoms with E-state index in [2.05, 4.69) is 20.1 Å². The number of hydrogen-bond donors (Lipinski definition) is 2. The molecule has 10 nitrogen and oxygen atoms in total. The first-order chi connectivity index (χ1) is 17.6. The topological polar surface area (TPSA) is 139 Å². The van der Waals surface area contributed by atoms with Crippen LogP contribution in [0.4, 0.5) is 5.95 Å². The summed E-state index contributed by atoms with van der Waals surface area (Å²) >= 11 is 0. The predicted octanol–water partition coefficient (Wildman–Crippen LogP) is 1.46. The van der Waals surface area contributed by atoms with E-state index in [1.54, 1.807) is 19.1 Å². The normalized spacial score (nSPS) is 13.5. The number of hydrogen-bond acceptors (Lipinski definition) is 7. The van der Waals surface area contributed by atoms with Gasteiger partial charge in [0.2, 0.25) is 5.65 Å². The standard InChI is InChI=1S/C22H19N7O3/c1-13-7-15(8-16(10-30)25-13)18-19(14-5-3-2-4-6-14)26-21(23)29-20(18)27-28(22(29)31)9-17-11-32-12-24-17/h2-8,11-12,30H,9-10H2,1H3,(H2,23,26)/p+1/i2D,3D,4D,5D,6D. The molecule has 4 heterocycles. The SMILES string of the molecule is [2H]c1c([2H])c([2H])c(-c2[nH+]c(N)n3c(=O)n(Cc4cocn4)nc3c2-c2cc(C)nc(CO)c2)c([2H])c1[2H]. The van der Waals surface area contributed by atoms with Crippen LogP contribution in [0.5, 0.6) is 0 Å². The van der Waals surface area contributed by atoms with Gasteiger partial charge in [-0.3, -0.25) is 10.7 Å². The van der Waals surface area contributed by atoms with Crippen LogP contribution in [0.1, 0.15) is 23.9 Å². The average Bonchev–Trinajstić information content (AvgIpc) is 3.49. The molecule has 0 atom stereocenters. The van der Waals surface area contributed by atoms with E-state index >= 15 is 0 Å². The number of anilines is 1. The third-order valence-corrected chi connectivity index (χ3v) is 4.81. The quantitative estimate of drug-likeness (QED) is 0.426.